The number of ether oxygens (including phenoxy) is 1. The molecule has 1 fully saturated rings. The van der Waals surface area contributed by atoms with Crippen LogP contribution in [-0.4, -0.2) is 26.3 Å². The molecule has 4 heteroatoms. The Labute approximate surface area is 125 Å². The minimum Gasteiger partial charge on any atom is -0.399 e. The number of nitrogens with one attached hydrogen (secondary N) is 1. The first kappa shape index (κ1) is 13.8. The minimum absolute atomic E-state index is 0.810. The lowest BCUT2D eigenvalue weighted by atomic mass is 10.1. The Kier molecular flexibility index (Phi) is 3.97. The van der Waals surface area contributed by atoms with E-state index in [1.807, 2.05) is 19.1 Å². The van der Waals surface area contributed by atoms with Crippen LogP contribution in [0.2, 0.25) is 0 Å². The van der Waals surface area contributed by atoms with E-state index >= 15 is 0 Å². The van der Waals surface area contributed by atoms with Crippen molar-refractivity contribution < 1.29 is 4.74 Å². The molecule has 0 spiro atoms. The molecule has 2 aromatic carbocycles. The monoisotopic (exact) mass is 283 g/mol. The van der Waals surface area contributed by atoms with Crippen molar-refractivity contribution in [1.82, 2.24) is 0 Å². The Bertz CT molecular complexity index is 604. The Morgan fingerprint density at radius 3 is 2.33 bits per heavy atom. The molecule has 1 aliphatic heterocycles. The van der Waals surface area contributed by atoms with Crippen LogP contribution >= 0.6 is 0 Å². The predicted molar refractivity (Wildman–Crippen MR) is 88.3 cm³/mol. The van der Waals surface area contributed by atoms with E-state index in [1.165, 1.54) is 5.69 Å². The van der Waals surface area contributed by atoms with Crippen molar-refractivity contribution in [2.45, 2.75) is 6.92 Å². The Morgan fingerprint density at radius 1 is 1.00 bits per heavy atom. The van der Waals surface area contributed by atoms with Gasteiger partial charge in [0.1, 0.15) is 0 Å². The Hall–Kier alpha value is -2.20. The van der Waals surface area contributed by atoms with Gasteiger partial charge in [-0.1, -0.05) is 0 Å². The van der Waals surface area contributed by atoms with Crippen LogP contribution in [0, 0.1) is 6.92 Å². The summed E-state index contributed by atoms with van der Waals surface area (Å²) in [6.45, 7) is 5.56. The average Bonchev–Trinajstić information content (AvgIpc) is 2.53. The topological polar surface area (TPSA) is 50.5 Å². The minimum atomic E-state index is 0.810. The number of anilines is 4. The molecule has 0 aliphatic carbocycles. The van der Waals surface area contributed by atoms with E-state index in [0.29, 0.717) is 0 Å². The van der Waals surface area contributed by atoms with Crippen LogP contribution in [0.15, 0.2) is 42.5 Å². The van der Waals surface area contributed by atoms with Gasteiger partial charge in [0.15, 0.2) is 0 Å². The molecule has 0 amide bonds. The van der Waals surface area contributed by atoms with Gasteiger partial charge in [-0.15, -0.1) is 0 Å². The van der Waals surface area contributed by atoms with Gasteiger partial charge in [0.05, 0.1) is 13.2 Å². The maximum absolute atomic E-state index is 5.84. The van der Waals surface area contributed by atoms with Crippen LogP contribution in [0.5, 0.6) is 0 Å². The quantitative estimate of drug-likeness (QED) is 0.850. The first-order chi connectivity index (χ1) is 10.2. The van der Waals surface area contributed by atoms with Gasteiger partial charge in [-0.05, 0) is 55.0 Å². The average molecular weight is 283 g/mol. The fourth-order valence-electron chi connectivity index (χ4n) is 2.50. The first-order valence-electron chi connectivity index (χ1n) is 7.28. The molecule has 0 aromatic heterocycles. The summed E-state index contributed by atoms with van der Waals surface area (Å²) in [6, 6.07) is 14.5. The highest BCUT2D eigenvalue weighted by Crippen LogP contribution is 2.23. The van der Waals surface area contributed by atoms with Crippen LogP contribution in [0.4, 0.5) is 22.7 Å². The van der Waals surface area contributed by atoms with Gasteiger partial charge in [-0.25, -0.2) is 0 Å². The van der Waals surface area contributed by atoms with Crippen molar-refractivity contribution in [3.05, 3.63) is 48.0 Å². The van der Waals surface area contributed by atoms with Crippen LogP contribution < -0.4 is 16.0 Å². The van der Waals surface area contributed by atoms with Gasteiger partial charge in [0.25, 0.3) is 0 Å². The van der Waals surface area contributed by atoms with E-state index in [2.05, 4.69) is 40.5 Å². The van der Waals surface area contributed by atoms with Gasteiger partial charge >= 0.3 is 0 Å². The normalized spacial score (nSPS) is 15.0. The van der Waals surface area contributed by atoms with E-state index in [-0.39, 0.29) is 0 Å². The summed E-state index contributed by atoms with van der Waals surface area (Å²) in [7, 11) is 0. The highest BCUT2D eigenvalue weighted by molar-refractivity contribution is 5.66. The third-order valence-corrected chi connectivity index (χ3v) is 3.80. The lowest BCUT2D eigenvalue weighted by Crippen LogP contribution is -2.36. The molecule has 0 radical (unpaired) electrons. The second kappa shape index (κ2) is 6.06. The smallest absolute Gasteiger partial charge is 0.0642 e. The number of nitrogens with zero attached hydrogens (tertiary/aromatic N) is 1. The Morgan fingerprint density at radius 2 is 1.67 bits per heavy atom. The number of rotatable bonds is 3. The number of hydrogen-bond donors (Lipinski definition) is 2. The SMILES string of the molecule is Cc1cc(Nc2ccc(N3CCOCC3)cc2)ccc1N. The van der Waals surface area contributed by atoms with Gasteiger partial charge in [-0.3, -0.25) is 0 Å². The molecule has 0 atom stereocenters. The summed E-state index contributed by atoms with van der Waals surface area (Å²) >= 11 is 0. The zero-order valence-corrected chi connectivity index (χ0v) is 12.3. The summed E-state index contributed by atoms with van der Waals surface area (Å²) in [6.07, 6.45) is 0. The van der Waals surface area contributed by atoms with Crippen molar-refractivity contribution in [3.63, 3.8) is 0 Å². The van der Waals surface area contributed by atoms with Gasteiger partial charge < -0.3 is 20.7 Å². The molecule has 1 aliphatic rings. The summed E-state index contributed by atoms with van der Waals surface area (Å²) in [4.78, 5) is 2.35. The molecule has 21 heavy (non-hydrogen) atoms. The van der Waals surface area contributed by atoms with Gasteiger partial charge in [-0.2, -0.15) is 0 Å². The summed E-state index contributed by atoms with van der Waals surface area (Å²) in [5.41, 5.74) is 11.1. The molecule has 3 N–H and O–H groups in total. The molecular weight excluding hydrogens is 262 g/mol. The van der Waals surface area contributed by atoms with Crippen molar-refractivity contribution in [2.75, 3.05) is 42.3 Å². The number of nitrogens with two attached hydrogens (primary N) is 1. The molecule has 110 valence electrons. The van der Waals surface area contributed by atoms with Crippen molar-refractivity contribution in [3.8, 4) is 0 Å². The van der Waals surface area contributed by atoms with Crippen LogP contribution in [0.3, 0.4) is 0 Å². The standard InChI is InChI=1S/C17H21N3O/c1-13-12-15(4-7-17(13)18)19-14-2-5-16(6-3-14)20-8-10-21-11-9-20/h2-7,12,19H,8-11,18H2,1H3. The van der Waals surface area contributed by atoms with E-state index in [9.17, 15) is 0 Å². The molecule has 1 heterocycles. The molecule has 0 bridgehead atoms. The molecular formula is C17H21N3O. The zero-order valence-electron chi connectivity index (χ0n) is 12.3. The summed E-state index contributed by atoms with van der Waals surface area (Å²) in [5, 5.41) is 3.40. The maximum atomic E-state index is 5.84. The predicted octanol–water partition coefficient (Wildman–Crippen LogP) is 3.16. The summed E-state index contributed by atoms with van der Waals surface area (Å²) < 4.78 is 5.38. The first-order valence-corrected chi connectivity index (χ1v) is 7.28. The molecule has 0 unspecified atom stereocenters. The number of hydrogen-bond acceptors (Lipinski definition) is 4. The largest absolute Gasteiger partial charge is 0.399 e. The van der Waals surface area contributed by atoms with Crippen LogP contribution in [0.25, 0.3) is 0 Å². The lowest BCUT2D eigenvalue weighted by Gasteiger charge is -2.29. The highest BCUT2D eigenvalue weighted by atomic mass is 16.5. The molecule has 1 saturated heterocycles. The van der Waals surface area contributed by atoms with Gasteiger partial charge in [0, 0.05) is 35.8 Å². The molecule has 3 rings (SSSR count). The van der Waals surface area contributed by atoms with Crippen molar-refractivity contribution in [2.24, 2.45) is 0 Å². The zero-order chi connectivity index (χ0) is 14.7. The number of aryl methyl sites for hydroxylation is 1. The third-order valence-electron chi connectivity index (χ3n) is 3.80. The second-order valence-corrected chi connectivity index (χ2v) is 5.34. The lowest BCUT2D eigenvalue weighted by molar-refractivity contribution is 0.122. The van der Waals surface area contributed by atoms with Gasteiger partial charge in [0.2, 0.25) is 0 Å². The highest BCUT2D eigenvalue weighted by Gasteiger charge is 2.10. The third kappa shape index (κ3) is 3.28. The van der Waals surface area contributed by atoms with E-state index in [4.69, 9.17) is 10.5 Å². The number of nitrogen functional groups attached to an aromatic ring is 1. The van der Waals surface area contributed by atoms with Crippen molar-refractivity contribution in [1.29, 1.82) is 0 Å². The summed E-state index contributed by atoms with van der Waals surface area (Å²) in [5.74, 6) is 0. The van der Waals surface area contributed by atoms with Crippen LogP contribution in [-0.2, 0) is 4.74 Å². The fourth-order valence-corrected chi connectivity index (χ4v) is 2.50. The second-order valence-electron chi connectivity index (χ2n) is 5.34. The van der Waals surface area contributed by atoms with E-state index < -0.39 is 0 Å². The maximum Gasteiger partial charge on any atom is 0.0642 e. The van der Waals surface area contributed by atoms with E-state index in [0.717, 1.165) is 48.9 Å². The van der Waals surface area contributed by atoms with E-state index in [1.54, 1.807) is 0 Å². The number of morpholine rings is 1. The molecule has 4 nitrogen and oxygen atoms in total. The van der Waals surface area contributed by atoms with Crippen LogP contribution in [0.1, 0.15) is 5.56 Å². The fraction of sp³-hybridized carbons (Fsp3) is 0.294. The molecule has 0 saturated carbocycles. The molecule has 2 aromatic rings. The Balaban J connectivity index is 1.70. The van der Waals surface area contributed by atoms with Crippen molar-refractivity contribution >= 4 is 22.7 Å². The number of benzene rings is 2.